The number of carbonyl (C=O) groups is 2. The van der Waals surface area contributed by atoms with Gasteiger partial charge >= 0.3 is 5.97 Å². The summed E-state index contributed by atoms with van der Waals surface area (Å²) >= 11 is 5.98. The van der Waals surface area contributed by atoms with E-state index >= 15 is 0 Å². The summed E-state index contributed by atoms with van der Waals surface area (Å²) < 4.78 is 0. The van der Waals surface area contributed by atoms with Crippen LogP contribution in [0.4, 0.5) is 0 Å². The number of ketones is 1. The van der Waals surface area contributed by atoms with Gasteiger partial charge in [-0.3, -0.25) is 9.78 Å². The van der Waals surface area contributed by atoms with Crippen molar-refractivity contribution in [3.8, 4) is 0 Å². The average Bonchev–Trinajstić information content (AvgIpc) is 2.63. The van der Waals surface area contributed by atoms with Crippen molar-refractivity contribution < 1.29 is 14.7 Å². The lowest BCUT2D eigenvalue weighted by atomic mass is 10.1. The standard InChI is InChI=1S/C19H14ClN3O3/c20-14-3-1-2-12(9-14)8-13-4-5-15(21-11-13)10-18(24)16-6-7-17(19(25)26)23-22-16/h1-7,9,11H,8,10H2,(H,25,26). The highest BCUT2D eigenvalue weighted by molar-refractivity contribution is 6.30. The third-order valence-corrected chi connectivity index (χ3v) is 3.93. The number of nitrogens with zero attached hydrogens (tertiary/aromatic N) is 3. The molecule has 0 radical (unpaired) electrons. The van der Waals surface area contributed by atoms with Gasteiger partial charge in [-0.1, -0.05) is 29.8 Å². The lowest BCUT2D eigenvalue weighted by molar-refractivity contribution is 0.0688. The van der Waals surface area contributed by atoms with Crippen LogP contribution in [0.25, 0.3) is 0 Å². The molecule has 0 bridgehead atoms. The SMILES string of the molecule is O=C(O)c1ccc(C(=O)Cc2ccc(Cc3cccc(Cl)c3)cn2)nn1. The number of hydrogen-bond donors (Lipinski definition) is 1. The van der Waals surface area contributed by atoms with E-state index in [0.717, 1.165) is 11.1 Å². The van der Waals surface area contributed by atoms with E-state index in [-0.39, 0.29) is 23.6 Å². The average molecular weight is 368 g/mol. The van der Waals surface area contributed by atoms with Crippen LogP contribution in [0.2, 0.25) is 5.02 Å². The van der Waals surface area contributed by atoms with Gasteiger partial charge in [0.25, 0.3) is 0 Å². The van der Waals surface area contributed by atoms with E-state index in [4.69, 9.17) is 16.7 Å². The van der Waals surface area contributed by atoms with E-state index in [0.29, 0.717) is 17.1 Å². The first-order valence-electron chi connectivity index (χ1n) is 7.80. The molecular formula is C19H14ClN3O3. The van der Waals surface area contributed by atoms with Gasteiger partial charge < -0.3 is 5.11 Å². The van der Waals surface area contributed by atoms with Crippen molar-refractivity contribution in [2.24, 2.45) is 0 Å². The second-order valence-corrected chi connectivity index (χ2v) is 6.11. The van der Waals surface area contributed by atoms with Gasteiger partial charge in [0.2, 0.25) is 0 Å². The largest absolute Gasteiger partial charge is 0.476 e. The Hall–Kier alpha value is -3.12. The van der Waals surface area contributed by atoms with E-state index in [2.05, 4.69) is 15.2 Å². The van der Waals surface area contributed by atoms with Crippen LogP contribution in [0.3, 0.4) is 0 Å². The van der Waals surface area contributed by atoms with E-state index in [1.807, 2.05) is 30.3 Å². The van der Waals surface area contributed by atoms with E-state index in [1.54, 1.807) is 12.3 Å². The molecule has 0 amide bonds. The molecule has 0 spiro atoms. The summed E-state index contributed by atoms with van der Waals surface area (Å²) in [5.74, 6) is -1.46. The van der Waals surface area contributed by atoms with Gasteiger partial charge in [-0.25, -0.2) is 4.79 Å². The number of carboxylic acid groups (broad SMARTS) is 1. The van der Waals surface area contributed by atoms with E-state index < -0.39 is 5.97 Å². The fourth-order valence-corrected chi connectivity index (χ4v) is 2.61. The summed E-state index contributed by atoms with van der Waals surface area (Å²) in [7, 11) is 0. The van der Waals surface area contributed by atoms with Gasteiger partial charge in [-0.05, 0) is 47.9 Å². The zero-order valence-corrected chi connectivity index (χ0v) is 14.3. The molecule has 3 aromatic rings. The molecule has 0 aliphatic rings. The normalized spacial score (nSPS) is 10.5. The van der Waals surface area contributed by atoms with Crippen LogP contribution in [0, 0.1) is 0 Å². The molecule has 1 aromatic carbocycles. The molecular weight excluding hydrogens is 354 g/mol. The number of carbonyl (C=O) groups excluding carboxylic acids is 1. The Morgan fingerprint density at radius 1 is 0.962 bits per heavy atom. The third-order valence-electron chi connectivity index (χ3n) is 3.69. The topological polar surface area (TPSA) is 93.0 Å². The van der Waals surface area contributed by atoms with Crippen LogP contribution in [-0.4, -0.2) is 32.0 Å². The minimum Gasteiger partial charge on any atom is -0.476 e. The van der Waals surface area contributed by atoms with Crippen LogP contribution in [0.15, 0.2) is 54.7 Å². The molecule has 0 unspecified atom stereocenters. The minimum atomic E-state index is -1.19. The molecule has 0 atom stereocenters. The Bertz CT molecular complexity index is 941. The van der Waals surface area contributed by atoms with E-state index in [9.17, 15) is 9.59 Å². The number of carboxylic acids is 1. The van der Waals surface area contributed by atoms with Crippen LogP contribution >= 0.6 is 11.6 Å². The number of benzene rings is 1. The molecule has 6 nitrogen and oxygen atoms in total. The quantitative estimate of drug-likeness (QED) is 0.672. The Labute approximate surface area is 154 Å². The van der Waals surface area contributed by atoms with Gasteiger partial charge in [0.1, 0.15) is 5.69 Å². The molecule has 0 aliphatic carbocycles. The summed E-state index contributed by atoms with van der Waals surface area (Å²) in [6.45, 7) is 0. The van der Waals surface area contributed by atoms with Crippen LogP contribution in [-0.2, 0) is 12.8 Å². The van der Waals surface area contributed by atoms with Crippen LogP contribution < -0.4 is 0 Å². The molecule has 3 rings (SSSR count). The second-order valence-electron chi connectivity index (χ2n) is 5.67. The number of hydrogen-bond acceptors (Lipinski definition) is 5. The number of rotatable bonds is 6. The van der Waals surface area contributed by atoms with Crippen molar-refractivity contribution in [3.63, 3.8) is 0 Å². The fraction of sp³-hybridized carbons (Fsp3) is 0.105. The summed E-state index contributed by atoms with van der Waals surface area (Å²) in [5.41, 5.74) is 2.60. The Balaban J connectivity index is 1.65. The Kier molecular flexibility index (Phi) is 5.34. The highest BCUT2D eigenvalue weighted by Gasteiger charge is 2.12. The maximum Gasteiger partial charge on any atom is 0.356 e. The molecule has 0 saturated carbocycles. The summed E-state index contributed by atoms with van der Waals surface area (Å²) in [4.78, 5) is 27.3. The van der Waals surface area contributed by atoms with Crippen molar-refractivity contribution in [1.29, 1.82) is 0 Å². The monoisotopic (exact) mass is 367 g/mol. The van der Waals surface area contributed by atoms with Gasteiger partial charge in [-0.2, -0.15) is 0 Å². The maximum atomic E-state index is 12.2. The summed E-state index contributed by atoms with van der Waals surface area (Å²) in [6.07, 6.45) is 2.49. The summed E-state index contributed by atoms with van der Waals surface area (Å²) in [6, 6.07) is 13.9. The Morgan fingerprint density at radius 3 is 2.35 bits per heavy atom. The zero-order valence-electron chi connectivity index (χ0n) is 13.6. The first-order chi connectivity index (χ1) is 12.5. The predicted octanol–water partition coefficient (Wildman–Crippen LogP) is 3.24. The predicted molar refractivity (Wildman–Crippen MR) is 95.5 cm³/mol. The van der Waals surface area contributed by atoms with Gasteiger partial charge in [0.15, 0.2) is 11.5 Å². The van der Waals surface area contributed by atoms with Crippen molar-refractivity contribution in [1.82, 2.24) is 15.2 Å². The second kappa shape index (κ2) is 7.84. The molecule has 2 aromatic heterocycles. The van der Waals surface area contributed by atoms with Gasteiger partial charge in [0, 0.05) is 16.9 Å². The molecule has 26 heavy (non-hydrogen) atoms. The Morgan fingerprint density at radius 2 is 1.73 bits per heavy atom. The lowest BCUT2D eigenvalue weighted by Crippen LogP contribution is -2.10. The summed E-state index contributed by atoms with van der Waals surface area (Å²) in [5, 5.41) is 16.6. The number of aromatic carboxylic acids is 1. The van der Waals surface area contributed by atoms with Crippen molar-refractivity contribution in [2.45, 2.75) is 12.8 Å². The van der Waals surface area contributed by atoms with Gasteiger partial charge in [-0.15, -0.1) is 10.2 Å². The molecule has 0 saturated heterocycles. The highest BCUT2D eigenvalue weighted by Crippen LogP contribution is 2.15. The number of aromatic nitrogens is 3. The lowest BCUT2D eigenvalue weighted by Gasteiger charge is -2.04. The van der Waals surface area contributed by atoms with Crippen LogP contribution in [0.1, 0.15) is 37.8 Å². The number of Topliss-reactive ketones (excluding diaryl/α,β-unsaturated/α-hetero) is 1. The first kappa shape index (κ1) is 17.7. The van der Waals surface area contributed by atoms with Crippen LogP contribution in [0.5, 0.6) is 0 Å². The first-order valence-corrected chi connectivity index (χ1v) is 8.17. The molecule has 7 heteroatoms. The fourth-order valence-electron chi connectivity index (χ4n) is 2.40. The smallest absolute Gasteiger partial charge is 0.356 e. The number of pyridine rings is 1. The number of halogens is 1. The zero-order chi connectivity index (χ0) is 18.5. The van der Waals surface area contributed by atoms with Gasteiger partial charge in [0.05, 0.1) is 6.42 Å². The van der Waals surface area contributed by atoms with Crippen molar-refractivity contribution >= 4 is 23.4 Å². The minimum absolute atomic E-state index is 0.0680. The van der Waals surface area contributed by atoms with Crippen molar-refractivity contribution in [3.05, 3.63) is 88.0 Å². The molecule has 1 N–H and O–H groups in total. The maximum absolute atomic E-state index is 12.2. The van der Waals surface area contributed by atoms with E-state index in [1.165, 1.54) is 12.1 Å². The highest BCUT2D eigenvalue weighted by atomic mass is 35.5. The molecule has 2 heterocycles. The molecule has 0 aliphatic heterocycles. The molecule has 0 fully saturated rings. The third kappa shape index (κ3) is 4.49. The van der Waals surface area contributed by atoms with Crippen molar-refractivity contribution in [2.75, 3.05) is 0 Å². The molecule has 130 valence electrons.